The van der Waals surface area contributed by atoms with Crippen molar-refractivity contribution < 1.29 is 18.7 Å². The van der Waals surface area contributed by atoms with Crippen molar-refractivity contribution in [1.82, 2.24) is 9.80 Å². The van der Waals surface area contributed by atoms with Crippen LogP contribution in [-0.4, -0.2) is 54.5 Å². The third-order valence-corrected chi connectivity index (χ3v) is 5.13. The molecule has 0 radical (unpaired) electrons. The quantitative estimate of drug-likeness (QED) is 0.824. The summed E-state index contributed by atoms with van der Waals surface area (Å²) >= 11 is 0. The highest BCUT2D eigenvalue weighted by Crippen LogP contribution is 2.33. The van der Waals surface area contributed by atoms with Gasteiger partial charge >= 0.3 is 0 Å². The Morgan fingerprint density at radius 1 is 1.20 bits per heavy atom. The number of piperidine rings is 1. The first kappa shape index (κ1) is 17.9. The number of likely N-dealkylation sites (N-methyl/N-ethyl adjacent to an activating group) is 1. The third kappa shape index (κ3) is 3.54. The molecule has 0 unspecified atom stereocenters. The Balaban J connectivity index is 1.91. The standard InChI is InChI=1S/C19H25FN2O3/c1-12-8-13(2)10-22(9-12)19(24)18-17(21(3)16(23)11-25-18)14-6-4-5-7-15(14)20/h4-7,12-13,17-18H,8-11H2,1-3H3/t12-,13+,17-,18+/m1/s1. The monoisotopic (exact) mass is 348 g/mol. The minimum absolute atomic E-state index is 0.156. The number of halogens is 1. The highest BCUT2D eigenvalue weighted by atomic mass is 19.1. The summed E-state index contributed by atoms with van der Waals surface area (Å²) in [7, 11) is 1.60. The van der Waals surface area contributed by atoms with E-state index >= 15 is 0 Å². The van der Waals surface area contributed by atoms with Crippen LogP contribution in [0.25, 0.3) is 0 Å². The number of carbonyl (C=O) groups excluding carboxylic acids is 2. The van der Waals surface area contributed by atoms with Gasteiger partial charge < -0.3 is 14.5 Å². The van der Waals surface area contributed by atoms with Crippen LogP contribution in [0.5, 0.6) is 0 Å². The first-order valence-corrected chi connectivity index (χ1v) is 8.79. The molecule has 0 saturated carbocycles. The minimum atomic E-state index is -0.878. The van der Waals surface area contributed by atoms with E-state index in [0.717, 1.165) is 6.42 Å². The van der Waals surface area contributed by atoms with Crippen LogP contribution >= 0.6 is 0 Å². The molecular weight excluding hydrogens is 323 g/mol. The molecular formula is C19H25FN2O3. The van der Waals surface area contributed by atoms with Gasteiger partial charge in [-0.15, -0.1) is 0 Å². The Bertz CT molecular complexity index is 656. The molecule has 0 spiro atoms. The number of rotatable bonds is 2. The fourth-order valence-electron chi connectivity index (χ4n) is 4.03. The lowest BCUT2D eigenvalue weighted by atomic mass is 9.90. The predicted octanol–water partition coefficient (Wildman–Crippen LogP) is 2.23. The zero-order valence-corrected chi connectivity index (χ0v) is 14.9. The van der Waals surface area contributed by atoms with Crippen molar-refractivity contribution in [3.8, 4) is 0 Å². The van der Waals surface area contributed by atoms with Gasteiger partial charge in [-0.05, 0) is 24.3 Å². The first-order chi connectivity index (χ1) is 11.9. The van der Waals surface area contributed by atoms with E-state index in [0.29, 0.717) is 30.5 Å². The van der Waals surface area contributed by atoms with Crippen LogP contribution in [0.15, 0.2) is 24.3 Å². The van der Waals surface area contributed by atoms with E-state index in [2.05, 4.69) is 13.8 Å². The average molecular weight is 348 g/mol. The SMILES string of the molecule is C[C@@H]1C[C@H](C)CN(C(=O)[C@H]2OCC(=O)N(C)[C@@H]2c2ccccc2F)C1. The van der Waals surface area contributed by atoms with Crippen molar-refractivity contribution in [1.29, 1.82) is 0 Å². The van der Waals surface area contributed by atoms with E-state index in [1.54, 1.807) is 30.1 Å². The van der Waals surface area contributed by atoms with Gasteiger partial charge in [0, 0.05) is 25.7 Å². The summed E-state index contributed by atoms with van der Waals surface area (Å²) in [4.78, 5) is 28.5. The zero-order valence-electron chi connectivity index (χ0n) is 14.9. The maximum Gasteiger partial charge on any atom is 0.254 e. The Hall–Kier alpha value is -1.95. The molecule has 1 aromatic rings. The van der Waals surface area contributed by atoms with Crippen LogP contribution in [0, 0.1) is 17.7 Å². The van der Waals surface area contributed by atoms with Gasteiger partial charge in [0.05, 0.1) is 6.04 Å². The summed E-state index contributed by atoms with van der Waals surface area (Å²) in [5, 5.41) is 0. The number of ether oxygens (including phenoxy) is 1. The van der Waals surface area contributed by atoms with E-state index in [1.807, 2.05) is 0 Å². The fraction of sp³-hybridized carbons (Fsp3) is 0.579. The molecule has 0 bridgehead atoms. The Morgan fingerprint density at radius 3 is 2.48 bits per heavy atom. The molecule has 2 saturated heterocycles. The second kappa shape index (κ2) is 7.12. The molecule has 2 amide bonds. The number of amides is 2. The van der Waals surface area contributed by atoms with Crippen LogP contribution in [0.4, 0.5) is 4.39 Å². The number of hydrogen-bond acceptors (Lipinski definition) is 3. The van der Waals surface area contributed by atoms with Crippen LogP contribution in [-0.2, 0) is 14.3 Å². The normalized spacial score (nSPS) is 30.5. The predicted molar refractivity (Wildman–Crippen MR) is 91.2 cm³/mol. The van der Waals surface area contributed by atoms with E-state index in [1.165, 1.54) is 11.0 Å². The van der Waals surface area contributed by atoms with E-state index in [4.69, 9.17) is 4.74 Å². The number of carbonyl (C=O) groups is 2. The first-order valence-electron chi connectivity index (χ1n) is 8.79. The van der Waals surface area contributed by atoms with Crippen molar-refractivity contribution in [2.45, 2.75) is 32.4 Å². The molecule has 25 heavy (non-hydrogen) atoms. The van der Waals surface area contributed by atoms with E-state index in [9.17, 15) is 14.0 Å². The van der Waals surface area contributed by atoms with Gasteiger partial charge in [-0.3, -0.25) is 9.59 Å². The molecule has 2 aliphatic heterocycles. The maximum absolute atomic E-state index is 14.4. The number of benzene rings is 1. The molecule has 0 N–H and O–H groups in total. The minimum Gasteiger partial charge on any atom is -0.356 e. The summed E-state index contributed by atoms with van der Waals surface area (Å²) in [6.07, 6.45) is 0.210. The number of likely N-dealkylation sites (tertiary alicyclic amines) is 1. The van der Waals surface area contributed by atoms with Crippen molar-refractivity contribution in [3.63, 3.8) is 0 Å². The lowest BCUT2D eigenvalue weighted by molar-refractivity contribution is -0.169. The fourth-order valence-corrected chi connectivity index (χ4v) is 4.03. The van der Waals surface area contributed by atoms with Crippen molar-refractivity contribution in [3.05, 3.63) is 35.6 Å². The van der Waals surface area contributed by atoms with Crippen molar-refractivity contribution in [2.24, 2.45) is 11.8 Å². The number of hydrogen-bond donors (Lipinski definition) is 0. The average Bonchev–Trinajstić information content (AvgIpc) is 2.56. The zero-order chi connectivity index (χ0) is 18.1. The Kier molecular flexibility index (Phi) is 5.08. The van der Waals surface area contributed by atoms with Gasteiger partial charge in [0.25, 0.3) is 5.91 Å². The van der Waals surface area contributed by atoms with E-state index < -0.39 is 18.0 Å². The van der Waals surface area contributed by atoms with Gasteiger partial charge in [0.1, 0.15) is 12.4 Å². The maximum atomic E-state index is 14.4. The lowest BCUT2D eigenvalue weighted by Gasteiger charge is -2.42. The summed E-state index contributed by atoms with van der Waals surface area (Å²) < 4.78 is 20.0. The Morgan fingerprint density at radius 2 is 1.84 bits per heavy atom. The van der Waals surface area contributed by atoms with Crippen LogP contribution in [0.1, 0.15) is 31.9 Å². The van der Waals surface area contributed by atoms with Gasteiger partial charge in [-0.25, -0.2) is 4.39 Å². The van der Waals surface area contributed by atoms with Crippen LogP contribution in [0.2, 0.25) is 0 Å². The van der Waals surface area contributed by atoms with Crippen LogP contribution < -0.4 is 0 Å². The summed E-state index contributed by atoms with van der Waals surface area (Å²) in [6.45, 7) is 5.44. The van der Waals surface area contributed by atoms with Gasteiger partial charge in [0.2, 0.25) is 5.91 Å². The van der Waals surface area contributed by atoms with Gasteiger partial charge in [0.15, 0.2) is 6.10 Å². The summed E-state index contributed by atoms with van der Waals surface area (Å²) in [5.41, 5.74) is 0.314. The molecule has 3 rings (SSSR count). The molecule has 6 heteroatoms. The molecule has 2 fully saturated rings. The summed E-state index contributed by atoms with van der Waals surface area (Å²) in [6, 6.07) is 5.50. The van der Waals surface area contributed by atoms with Gasteiger partial charge in [-0.1, -0.05) is 32.0 Å². The lowest BCUT2D eigenvalue weighted by Crippen LogP contribution is -2.56. The van der Waals surface area contributed by atoms with Crippen molar-refractivity contribution >= 4 is 11.8 Å². The molecule has 2 heterocycles. The van der Waals surface area contributed by atoms with E-state index in [-0.39, 0.29) is 18.4 Å². The van der Waals surface area contributed by atoms with Gasteiger partial charge in [-0.2, -0.15) is 0 Å². The highest BCUT2D eigenvalue weighted by molar-refractivity contribution is 5.86. The Labute approximate surface area is 147 Å². The molecule has 4 atom stereocenters. The molecule has 136 valence electrons. The highest BCUT2D eigenvalue weighted by Gasteiger charge is 2.43. The smallest absolute Gasteiger partial charge is 0.254 e. The number of nitrogens with zero attached hydrogens (tertiary/aromatic N) is 2. The number of morpholine rings is 1. The topological polar surface area (TPSA) is 49.9 Å². The largest absolute Gasteiger partial charge is 0.356 e. The third-order valence-electron chi connectivity index (χ3n) is 5.13. The van der Waals surface area contributed by atoms with Crippen LogP contribution in [0.3, 0.4) is 0 Å². The summed E-state index contributed by atoms with van der Waals surface area (Å²) in [5.74, 6) is -0.00959. The molecule has 0 aromatic heterocycles. The molecule has 2 aliphatic rings. The second-order valence-electron chi connectivity index (χ2n) is 7.39. The molecule has 0 aliphatic carbocycles. The van der Waals surface area contributed by atoms with Crippen molar-refractivity contribution in [2.75, 3.05) is 26.7 Å². The second-order valence-corrected chi connectivity index (χ2v) is 7.39. The molecule has 1 aromatic carbocycles. The molecule has 5 nitrogen and oxygen atoms in total.